The van der Waals surface area contributed by atoms with E-state index in [4.69, 9.17) is 33.2 Å². The molecule has 4 heterocycles. The van der Waals surface area contributed by atoms with Gasteiger partial charge >= 0.3 is 0 Å². The Hall–Kier alpha value is -3.81. The number of phenols is 1. The van der Waals surface area contributed by atoms with Crippen molar-refractivity contribution < 1.29 is 77.6 Å². The molecule has 7 aliphatic rings. The average molecular weight is 823 g/mol. The van der Waals surface area contributed by atoms with Crippen LogP contribution in [0.2, 0.25) is 0 Å². The lowest BCUT2D eigenvalue weighted by Gasteiger charge is -2.53. The van der Waals surface area contributed by atoms with Gasteiger partial charge in [0.15, 0.2) is 53.4 Å². The number of phenolic OH excluding ortho intramolecular Hbond substituents is 1. The van der Waals surface area contributed by atoms with Crippen LogP contribution in [0.25, 0.3) is 0 Å². The molecule has 1 aromatic carbocycles. The second-order valence-electron chi connectivity index (χ2n) is 17.1. The maximum absolute atomic E-state index is 14.3. The molecule has 0 bridgehead atoms. The monoisotopic (exact) mass is 822 g/mol. The zero-order valence-electron chi connectivity index (χ0n) is 33.5. The van der Waals surface area contributed by atoms with E-state index in [0.717, 1.165) is 6.08 Å². The molecule has 0 unspecified atom stereocenters. The summed E-state index contributed by atoms with van der Waals surface area (Å²) < 4.78 is 41.9. The molecular weight excluding hydrogens is 772 g/mol. The standard InChI is InChI=1S/C43H50O16/c1-19-26(44)8-11-32(54-19)57-29-10-13-34(56-21(29)3)59-41(5)17-31(47)43(52)36-25(14-15-42(43,51)18-41)38(49)35-24(39(36)50)7-6-23(37(35)48)30-16-28(46)40(22(4)53-30)58-33-12-9-27(45)20(2)55-33/h6-7,9,12,14-15,19-22,28-30,32-34,40,46,48,51-52H,8,10-11,13,16-18H2,1-5H3/t19-,20+,21-,22+,28+,29-,30+,32-,33+,34-,40-,41-,42+,43-/m0/s1. The SMILES string of the molecule is C[C@@H]1O[C@@H](O[C@H]2CC[C@H](O[C@@]3(C)CC(=O)[C@]4(O)C5=C(C=C[C@@]4(O)C3)C(=O)c3c(ccc([C@H]4C[C@@H](O)[C@@H](O[C@@H]6C=CC(=O)[C@@H](C)O6)[C@@H](C)O4)c3O)C5=O)O[C@H]2C)CCC1=O. The summed E-state index contributed by atoms with van der Waals surface area (Å²) in [5.41, 5.74) is -8.02. The molecule has 1 aromatic rings. The number of fused-ring (bicyclic) bond motifs is 3. The van der Waals surface area contributed by atoms with Gasteiger partial charge in [-0.1, -0.05) is 12.1 Å². The van der Waals surface area contributed by atoms with Crippen LogP contribution in [0.1, 0.15) is 112 Å². The molecule has 59 heavy (non-hydrogen) atoms. The van der Waals surface area contributed by atoms with Gasteiger partial charge in [-0.25, -0.2) is 0 Å². The molecule has 4 aliphatic heterocycles. The summed E-state index contributed by atoms with van der Waals surface area (Å²) in [5.74, 6) is -3.47. The molecule has 0 radical (unpaired) electrons. The highest BCUT2D eigenvalue weighted by Gasteiger charge is 2.67. The first-order valence-corrected chi connectivity index (χ1v) is 20.2. The number of hydrogen-bond acceptors (Lipinski definition) is 16. The van der Waals surface area contributed by atoms with E-state index in [2.05, 4.69) is 0 Å². The maximum atomic E-state index is 14.3. The van der Waals surface area contributed by atoms with Crippen LogP contribution in [0.5, 0.6) is 5.75 Å². The molecule has 16 heteroatoms. The summed E-state index contributed by atoms with van der Waals surface area (Å²) in [6, 6.07) is 2.67. The number of ketones is 5. The Morgan fingerprint density at radius 2 is 1.59 bits per heavy atom. The number of aliphatic hydroxyl groups is 3. The first-order chi connectivity index (χ1) is 27.8. The summed E-state index contributed by atoms with van der Waals surface area (Å²) in [6.45, 7) is 8.36. The van der Waals surface area contributed by atoms with E-state index >= 15 is 0 Å². The number of aromatic hydroxyl groups is 1. The van der Waals surface area contributed by atoms with Crippen LogP contribution in [0.4, 0.5) is 0 Å². The van der Waals surface area contributed by atoms with E-state index in [1.165, 1.54) is 30.4 Å². The van der Waals surface area contributed by atoms with Crippen LogP contribution >= 0.6 is 0 Å². The van der Waals surface area contributed by atoms with Gasteiger partial charge in [-0.15, -0.1) is 0 Å². The third-order valence-corrected chi connectivity index (χ3v) is 12.7. The lowest BCUT2D eigenvalue weighted by Crippen LogP contribution is -2.69. The topological polar surface area (TPSA) is 231 Å². The number of carbonyl (C=O) groups excluding carboxylic acids is 5. The summed E-state index contributed by atoms with van der Waals surface area (Å²) in [5, 5.41) is 47.0. The average Bonchev–Trinajstić information content (AvgIpc) is 3.16. The first kappa shape index (κ1) is 41.9. The summed E-state index contributed by atoms with van der Waals surface area (Å²) in [6.07, 6.45) is -2.00. The third kappa shape index (κ3) is 7.20. The van der Waals surface area contributed by atoms with Crippen molar-refractivity contribution in [2.75, 3.05) is 0 Å². The Balaban J connectivity index is 0.965. The fourth-order valence-corrected chi connectivity index (χ4v) is 9.58. The molecule has 14 atom stereocenters. The third-order valence-electron chi connectivity index (χ3n) is 12.7. The Kier molecular flexibility index (Phi) is 10.8. The van der Waals surface area contributed by atoms with Gasteiger partial charge in [0.05, 0.1) is 47.3 Å². The molecule has 4 N–H and O–H groups in total. The highest BCUT2D eigenvalue weighted by Crippen LogP contribution is 2.53. The second-order valence-corrected chi connectivity index (χ2v) is 17.1. The first-order valence-electron chi connectivity index (χ1n) is 20.2. The number of rotatable bonds is 7. The normalized spacial score (nSPS) is 42.4. The molecule has 16 nitrogen and oxygen atoms in total. The van der Waals surface area contributed by atoms with E-state index in [1.54, 1.807) is 27.7 Å². The van der Waals surface area contributed by atoms with Crippen LogP contribution in [-0.4, -0.2) is 128 Å². The molecule has 0 spiro atoms. The van der Waals surface area contributed by atoms with E-state index < -0.39 is 113 Å². The van der Waals surface area contributed by atoms with Gasteiger partial charge in [-0.05, 0) is 65.3 Å². The number of allylic oxidation sites excluding steroid dienone is 2. The van der Waals surface area contributed by atoms with E-state index in [-0.39, 0.29) is 52.8 Å². The van der Waals surface area contributed by atoms with Gasteiger partial charge in [-0.2, -0.15) is 0 Å². The van der Waals surface area contributed by atoms with Crippen LogP contribution < -0.4 is 0 Å². The van der Waals surface area contributed by atoms with Gasteiger partial charge in [0.1, 0.15) is 29.7 Å². The van der Waals surface area contributed by atoms with Gasteiger partial charge < -0.3 is 53.6 Å². The molecule has 0 aromatic heterocycles. The van der Waals surface area contributed by atoms with Crippen molar-refractivity contribution in [3.8, 4) is 5.75 Å². The predicted octanol–water partition coefficient (Wildman–Crippen LogP) is 2.71. The van der Waals surface area contributed by atoms with Crippen molar-refractivity contribution in [1.82, 2.24) is 0 Å². The highest BCUT2D eigenvalue weighted by molar-refractivity contribution is 6.32. The zero-order chi connectivity index (χ0) is 42.3. The Labute approximate surface area is 340 Å². The van der Waals surface area contributed by atoms with Crippen molar-refractivity contribution in [3.05, 3.63) is 64.3 Å². The van der Waals surface area contributed by atoms with Gasteiger partial charge in [-0.3, -0.25) is 24.0 Å². The van der Waals surface area contributed by atoms with E-state index in [0.29, 0.717) is 25.7 Å². The maximum Gasteiger partial charge on any atom is 0.198 e. The lowest BCUT2D eigenvalue weighted by molar-refractivity contribution is -0.296. The largest absolute Gasteiger partial charge is 0.507 e. The lowest BCUT2D eigenvalue weighted by atomic mass is 9.57. The highest BCUT2D eigenvalue weighted by atomic mass is 16.7. The fourth-order valence-electron chi connectivity index (χ4n) is 9.58. The molecule has 3 aliphatic carbocycles. The smallest absolute Gasteiger partial charge is 0.198 e. The van der Waals surface area contributed by atoms with Crippen molar-refractivity contribution in [2.45, 2.75) is 164 Å². The Morgan fingerprint density at radius 1 is 0.831 bits per heavy atom. The molecule has 0 amide bonds. The molecule has 4 fully saturated rings. The molecular formula is C43H50O16. The summed E-state index contributed by atoms with van der Waals surface area (Å²) >= 11 is 0. The van der Waals surface area contributed by atoms with Gasteiger partial charge in [0, 0.05) is 55.2 Å². The quantitative estimate of drug-likeness (QED) is 0.310. The van der Waals surface area contributed by atoms with Crippen molar-refractivity contribution >= 4 is 28.9 Å². The fraction of sp³-hybridized carbons (Fsp3) is 0.605. The molecule has 1 saturated carbocycles. The number of benzene rings is 1. The number of hydrogen-bond donors (Lipinski definition) is 4. The molecule has 8 rings (SSSR count). The van der Waals surface area contributed by atoms with Gasteiger partial charge in [0.2, 0.25) is 0 Å². The van der Waals surface area contributed by atoms with Crippen molar-refractivity contribution in [3.63, 3.8) is 0 Å². The minimum atomic E-state index is -2.82. The van der Waals surface area contributed by atoms with E-state index in [9.17, 15) is 44.4 Å². The van der Waals surface area contributed by atoms with Crippen LogP contribution in [0, 0.1) is 0 Å². The minimum Gasteiger partial charge on any atom is -0.507 e. The predicted molar refractivity (Wildman–Crippen MR) is 201 cm³/mol. The number of aliphatic hydroxyl groups excluding tert-OH is 1. The summed E-state index contributed by atoms with van der Waals surface area (Å²) in [7, 11) is 0. The second kappa shape index (κ2) is 15.3. The minimum absolute atomic E-state index is 0.0255. The van der Waals surface area contributed by atoms with Crippen LogP contribution in [0.3, 0.4) is 0 Å². The van der Waals surface area contributed by atoms with Crippen molar-refractivity contribution in [2.24, 2.45) is 0 Å². The van der Waals surface area contributed by atoms with Crippen LogP contribution in [0.15, 0.2) is 47.6 Å². The van der Waals surface area contributed by atoms with Crippen molar-refractivity contribution in [1.29, 1.82) is 0 Å². The summed E-state index contributed by atoms with van der Waals surface area (Å²) in [4.78, 5) is 66.3. The van der Waals surface area contributed by atoms with E-state index in [1.807, 2.05) is 6.92 Å². The van der Waals surface area contributed by atoms with Crippen LogP contribution in [-0.2, 0) is 47.5 Å². The zero-order valence-corrected chi connectivity index (χ0v) is 33.5. The number of Topliss-reactive ketones (excluding diaryl/α,β-unsaturated/α-hetero) is 4. The Bertz CT molecular complexity index is 2040. The molecule has 318 valence electrons. The Morgan fingerprint density at radius 3 is 2.29 bits per heavy atom. The number of carbonyl (C=O) groups is 5. The molecule has 3 saturated heterocycles. The number of ether oxygens (including phenoxy) is 7. The van der Waals surface area contributed by atoms with Gasteiger partial charge in [0.25, 0.3) is 0 Å².